The summed E-state index contributed by atoms with van der Waals surface area (Å²) in [6.45, 7) is 0.729. The molecule has 0 unspecified atom stereocenters. The molecule has 0 spiro atoms. The van der Waals surface area contributed by atoms with Crippen molar-refractivity contribution in [3.8, 4) is 16.6 Å². The van der Waals surface area contributed by atoms with Crippen LogP contribution in [0.25, 0.3) is 10.6 Å². The van der Waals surface area contributed by atoms with Crippen LogP contribution in [0.5, 0.6) is 0 Å². The van der Waals surface area contributed by atoms with Gasteiger partial charge < -0.3 is 5.32 Å². The Balaban J connectivity index is 1.70. The second-order valence-electron chi connectivity index (χ2n) is 4.58. The van der Waals surface area contributed by atoms with Gasteiger partial charge in [-0.25, -0.2) is 4.98 Å². The number of hydrogen-bond donors (Lipinski definition) is 1. The van der Waals surface area contributed by atoms with Crippen molar-refractivity contribution in [3.05, 3.63) is 71.2 Å². The summed E-state index contributed by atoms with van der Waals surface area (Å²) in [6.07, 6.45) is 1.82. The molecular weight excluding hydrogens is 278 g/mol. The molecule has 0 fully saturated rings. The Morgan fingerprint density at radius 2 is 2.00 bits per heavy atom. The molecule has 21 heavy (non-hydrogen) atoms. The van der Waals surface area contributed by atoms with Gasteiger partial charge in [-0.3, -0.25) is 0 Å². The molecule has 4 heteroatoms. The van der Waals surface area contributed by atoms with Crippen molar-refractivity contribution in [1.82, 2.24) is 4.98 Å². The number of anilines is 1. The Labute approximate surface area is 127 Å². The van der Waals surface area contributed by atoms with Gasteiger partial charge in [-0.15, -0.1) is 11.3 Å². The molecule has 0 bridgehead atoms. The van der Waals surface area contributed by atoms with E-state index in [-0.39, 0.29) is 0 Å². The first kappa shape index (κ1) is 13.3. The van der Waals surface area contributed by atoms with Gasteiger partial charge in [0, 0.05) is 29.4 Å². The molecule has 0 saturated heterocycles. The summed E-state index contributed by atoms with van der Waals surface area (Å²) in [7, 11) is 0. The van der Waals surface area contributed by atoms with Crippen LogP contribution in [0.2, 0.25) is 0 Å². The van der Waals surface area contributed by atoms with E-state index in [0.29, 0.717) is 5.56 Å². The molecule has 102 valence electrons. The van der Waals surface area contributed by atoms with Crippen molar-refractivity contribution in [3.63, 3.8) is 0 Å². The number of benzene rings is 2. The largest absolute Gasteiger partial charge is 0.381 e. The van der Waals surface area contributed by atoms with E-state index >= 15 is 0 Å². The van der Waals surface area contributed by atoms with Gasteiger partial charge in [0.15, 0.2) is 0 Å². The topological polar surface area (TPSA) is 48.7 Å². The second-order valence-corrected chi connectivity index (χ2v) is 5.47. The minimum absolute atomic E-state index is 0.685. The van der Waals surface area contributed by atoms with Crippen molar-refractivity contribution in [2.75, 3.05) is 5.32 Å². The van der Waals surface area contributed by atoms with Crippen LogP contribution in [0, 0.1) is 11.3 Å². The van der Waals surface area contributed by atoms with Crippen LogP contribution in [0.4, 0.5) is 5.69 Å². The lowest BCUT2D eigenvalue weighted by Gasteiger charge is -2.08. The zero-order valence-corrected chi connectivity index (χ0v) is 12.1. The van der Waals surface area contributed by atoms with Gasteiger partial charge in [0.05, 0.1) is 11.6 Å². The molecule has 1 heterocycles. The molecule has 0 radical (unpaired) electrons. The summed E-state index contributed by atoms with van der Waals surface area (Å²) < 4.78 is 0. The SMILES string of the molecule is N#Cc1ccc(CNc2cccc(-c3nccs3)c2)cc1. The number of thiazole rings is 1. The van der Waals surface area contributed by atoms with Crippen molar-refractivity contribution in [2.45, 2.75) is 6.54 Å². The minimum atomic E-state index is 0.685. The molecule has 0 amide bonds. The molecule has 3 rings (SSSR count). The van der Waals surface area contributed by atoms with Gasteiger partial charge in [-0.1, -0.05) is 24.3 Å². The molecule has 3 aromatic rings. The lowest BCUT2D eigenvalue weighted by atomic mass is 10.1. The van der Waals surface area contributed by atoms with Gasteiger partial charge >= 0.3 is 0 Å². The molecule has 1 aromatic heterocycles. The third-order valence-corrected chi connectivity index (χ3v) is 3.94. The maximum absolute atomic E-state index is 8.79. The maximum Gasteiger partial charge on any atom is 0.123 e. The number of aromatic nitrogens is 1. The summed E-state index contributed by atoms with van der Waals surface area (Å²) in [6, 6.07) is 18.0. The highest BCUT2D eigenvalue weighted by atomic mass is 32.1. The fourth-order valence-corrected chi connectivity index (χ4v) is 2.66. The van der Waals surface area contributed by atoms with Crippen LogP contribution in [0.3, 0.4) is 0 Å². The van der Waals surface area contributed by atoms with Crippen LogP contribution in [0.1, 0.15) is 11.1 Å². The third-order valence-electron chi connectivity index (χ3n) is 3.12. The smallest absolute Gasteiger partial charge is 0.123 e. The number of nitriles is 1. The second kappa shape index (κ2) is 6.21. The van der Waals surface area contributed by atoms with Crippen LogP contribution in [0.15, 0.2) is 60.1 Å². The maximum atomic E-state index is 8.79. The Kier molecular flexibility index (Phi) is 3.95. The Morgan fingerprint density at radius 3 is 2.71 bits per heavy atom. The molecule has 2 aromatic carbocycles. The fraction of sp³-hybridized carbons (Fsp3) is 0.0588. The monoisotopic (exact) mass is 291 g/mol. The molecule has 0 aliphatic carbocycles. The standard InChI is InChI=1S/C17H13N3S/c18-11-13-4-6-14(7-5-13)12-20-16-3-1-2-15(10-16)17-19-8-9-21-17/h1-10,20H,12H2. The third kappa shape index (κ3) is 3.28. The first-order chi connectivity index (χ1) is 10.3. The lowest BCUT2D eigenvalue weighted by molar-refractivity contribution is 1.15. The van der Waals surface area contributed by atoms with E-state index in [4.69, 9.17) is 5.26 Å². The van der Waals surface area contributed by atoms with Crippen LogP contribution < -0.4 is 5.32 Å². The average Bonchev–Trinajstić information content (AvgIpc) is 3.08. The highest BCUT2D eigenvalue weighted by Gasteiger charge is 2.01. The van der Waals surface area contributed by atoms with E-state index < -0.39 is 0 Å². The molecule has 1 N–H and O–H groups in total. The van der Waals surface area contributed by atoms with Crippen LogP contribution in [-0.4, -0.2) is 4.98 Å². The van der Waals surface area contributed by atoms with E-state index in [9.17, 15) is 0 Å². The highest BCUT2D eigenvalue weighted by molar-refractivity contribution is 7.13. The number of rotatable bonds is 4. The molecular formula is C17H13N3S. The Morgan fingerprint density at radius 1 is 1.14 bits per heavy atom. The molecule has 3 nitrogen and oxygen atoms in total. The fourth-order valence-electron chi connectivity index (χ4n) is 2.03. The van der Waals surface area contributed by atoms with Crippen molar-refractivity contribution < 1.29 is 0 Å². The summed E-state index contributed by atoms with van der Waals surface area (Å²) in [5, 5.41) is 15.2. The van der Waals surface area contributed by atoms with E-state index in [1.807, 2.05) is 48.0 Å². The quantitative estimate of drug-likeness (QED) is 0.780. The van der Waals surface area contributed by atoms with Gasteiger partial charge in [0.25, 0.3) is 0 Å². The molecule has 0 aliphatic rings. The van der Waals surface area contributed by atoms with Gasteiger partial charge in [-0.05, 0) is 29.8 Å². The van der Waals surface area contributed by atoms with E-state index in [2.05, 4.69) is 28.5 Å². The van der Waals surface area contributed by atoms with Gasteiger partial charge in [-0.2, -0.15) is 5.26 Å². The zero-order valence-electron chi connectivity index (χ0n) is 11.3. The average molecular weight is 291 g/mol. The van der Waals surface area contributed by atoms with Crippen LogP contribution in [-0.2, 0) is 6.54 Å². The number of hydrogen-bond acceptors (Lipinski definition) is 4. The minimum Gasteiger partial charge on any atom is -0.381 e. The normalized spacial score (nSPS) is 10.0. The van der Waals surface area contributed by atoms with E-state index in [1.54, 1.807) is 11.3 Å². The summed E-state index contributed by atoms with van der Waals surface area (Å²) in [4.78, 5) is 4.33. The number of nitrogens with zero attached hydrogens (tertiary/aromatic N) is 2. The van der Waals surface area contributed by atoms with Crippen molar-refractivity contribution in [1.29, 1.82) is 5.26 Å². The van der Waals surface area contributed by atoms with Crippen molar-refractivity contribution >= 4 is 17.0 Å². The lowest BCUT2D eigenvalue weighted by Crippen LogP contribution is -1.99. The first-order valence-corrected chi connectivity index (χ1v) is 7.46. The number of nitrogens with one attached hydrogen (secondary N) is 1. The van der Waals surface area contributed by atoms with Crippen molar-refractivity contribution in [2.24, 2.45) is 0 Å². The van der Waals surface area contributed by atoms with Gasteiger partial charge in [0.1, 0.15) is 5.01 Å². The summed E-state index contributed by atoms with van der Waals surface area (Å²) >= 11 is 1.63. The van der Waals surface area contributed by atoms with Gasteiger partial charge in [0.2, 0.25) is 0 Å². The first-order valence-electron chi connectivity index (χ1n) is 6.58. The molecule has 0 aliphatic heterocycles. The molecule has 0 atom stereocenters. The predicted octanol–water partition coefficient (Wildman–Crippen LogP) is 4.29. The predicted molar refractivity (Wildman–Crippen MR) is 86.0 cm³/mol. The Hall–Kier alpha value is -2.64. The van der Waals surface area contributed by atoms with Crippen LogP contribution >= 0.6 is 11.3 Å². The zero-order chi connectivity index (χ0) is 14.5. The van der Waals surface area contributed by atoms with E-state index in [0.717, 1.165) is 28.4 Å². The molecule has 0 saturated carbocycles. The highest BCUT2D eigenvalue weighted by Crippen LogP contribution is 2.24. The van der Waals surface area contributed by atoms with E-state index in [1.165, 1.54) is 0 Å². The Bertz CT molecular complexity index is 755. The summed E-state index contributed by atoms with van der Waals surface area (Å²) in [5.41, 5.74) is 4.01. The summed E-state index contributed by atoms with van der Waals surface area (Å²) in [5.74, 6) is 0.